The van der Waals surface area contributed by atoms with E-state index in [9.17, 15) is 13.6 Å². The molecule has 2 unspecified atom stereocenters. The van der Waals surface area contributed by atoms with Gasteiger partial charge in [-0.2, -0.15) is 0 Å². The molecular weight excluding hydrogens is 296 g/mol. The third-order valence-corrected chi connectivity index (χ3v) is 4.66. The van der Waals surface area contributed by atoms with Crippen LogP contribution in [0.3, 0.4) is 0 Å². The van der Waals surface area contributed by atoms with Crippen molar-refractivity contribution in [2.75, 3.05) is 5.88 Å². The maximum atomic E-state index is 13.6. The minimum Gasteiger partial charge on any atom is -0.349 e. The molecule has 1 aliphatic carbocycles. The molecule has 1 aromatic carbocycles. The van der Waals surface area contributed by atoms with Crippen LogP contribution in [0.1, 0.15) is 38.2 Å². The van der Waals surface area contributed by atoms with Crippen molar-refractivity contribution in [3.05, 3.63) is 35.4 Å². The van der Waals surface area contributed by atoms with Gasteiger partial charge in [0.2, 0.25) is 5.91 Å². The summed E-state index contributed by atoms with van der Waals surface area (Å²) in [6, 6.07) is 3.60. The van der Waals surface area contributed by atoms with Crippen molar-refractivity contribution in [2.24, 2.45) is 5.92 Å². The van der Waals surface area contributed by atoms with Gasteiger partial charge < -0.3 is 5.32 Å². The van der Waals surface area contributed by atoms with Gasteiger partial charge in [0.05, 0.1) is 12.0 Å². The van der Waals surface area contributed by atoms with Crippen molar-refractivity contribution in [2.45, 2.75) is 44.6 Å². The van der Waals surface area contributed by atoms with Crippen LogP contribution < -0.4 is 5.32 Å². The summed E-state index contributed by atoms with van der Waals surface area (Å²) in [4.78, 5) is 12.2. The Morgan fingerprint density at radius 2 is 2.10 bits per heavy atom. The molecule has 1 aliphatic rings. The maximum Gasteiger partial charge on any atom is 0.225 e. The molecule has 1 saturated carbocycles. The molecule has 0 heterocycles. The monoisotopic (exact) mass is 315 g/mol. The van der Waals surface area contributed by atoms with Crippen molar-refractivity contribution >= 4 is 17.5 Å². The highest BCUT2D eigenvalue weighted by atomic mass is 35.5. The summed E-state index contributed by atoms with van der Waals surface area (Å²) in [5.41, 5.74) is -0.638. The van der Waals surface area contributed by atoms with Crippen molar-refractivity contribution in [1.82, 2.24) is 5.32 Å². The molecule has 2 atom stereocenters. The normalized spacial score (nSPS) is 25.6. The van der Waals surface area contributed by atoms with Gasteiger partial charge in [-0.25, -0.2) is 8.78 Å². The largest absolute Gasteiger partial charge is 0.349 e. The number of nitrogens with one attached hydrogen (secondary N) is 1. The second kappa shape index (κ2) is 6.73. The van der Waals surface area contributed by atoms with Crippen LogP contribution in [0.5, 0.6) is 0 Å². The minimum absolute atomic E-state index is 0.191. The zero-order valence-electron chi connectivity index (χ0n) is 12.1. The number of rotatable bonds is 4. The Morgan fingerprint density at radius 1 is 1.43 bits per heavy atom. The van der Waals surface area contributed by atoms with Gasteiger partial charge in [-0.1, -0.05) is 25.8 Å². The first-order chi connectivity index (χ1) is 9.96. The zero-order chi connectivity index (χ0) is 15.5. The molecule has 0 saturated heterocycles. The summed E-state index contributed by atoms with van der Waals surface area (Å²) in [6.45, 7) is 2.13. The van der Waals surface area contributed by atoms with Gasteiger partial charge in [-0.05, 0) is 30.9 Å². The minimum atomic E-state index is -0.693. The molecule has 116 valence electrons. The van der Waals surface area contributed by atoms with Crippen molar-refractivity contribution in [3.8, 4) is 0 Å². The van der Waals surface area contributed by atoms with E-state index >= 15 is 0 Å². The van der Waals surface area contributed by atoms with Gasteiger partial charge in [-0.3, -0.25) is 4.79 Å². The first-order valence-corrected chi connectivity index (χ1v) is 7.79. The number of hydrogen-bond acceptors (Lipinski definition) is 1. The molecule has 2 rings (SSSR count). The standard InChI is InChI=1S/C16H20ClF2NO/c1-11-4-3-7-16(9-11,10-17)20-15(21)8-12-13(18)5-2-6-14(12)19/h2,5-6,11H,3-4,7-10H2,1H3,(H,20,21). The average molecular weight is 316 g/mol. The Morgan fingerprint density at radius 3 is 2.67 bits per heavy atom. The number of halogens is 3. The third-order valence-electron chi connectivity index (χ3n) is 4.15. The van der Waals surface area contributed by atoms with E-state index in [4.69, 9.17) is 11.6 Å². The molecule has 0 spiro atoms. The van der Waals surface area contributed by atoms with E-state index in [2.05, 4.69) is 12.2 Å². The third kappa shape index (κ3) is 3.94. The van der Waals surface area contributed by atoms with E-state index in [0.29, 0.717) is 11.8 Å². The lowest BCUT2D eigenvalue weighted by Gasteiger charge is -2.39. The van der Waals surface area contributed by atoms with E-state index in [1.807, 2.05) is 0 Å². The first-order valence-electron chi connectivity index (χ1n) is 7.25. The van der Waals surface area contributed by atoms with Gasteiger partial charge in [-0.15, -0.1) is 11.6 Å². The highest BCUT2D eigenvalue weighted by Gasteiger charge is 2.35. The molecule has 2 nitrogen and oxygen atoms in total. The summed E-state index contributed by atoms with van der Waals surface area (Å²) in [6.07, 6.45) is 3.44. The molecule has 0 radical (unpaired) electrons. The summed E-state index contributed by atoms with van der Waals surface area (Å²) in [5, 5.41) is 2.91. The lowest BCUT2D eigenvalue weighted by atomic mass is 9.77. The van der Waals surface area contributed by atoms with Gasteiger partial charge in [0, 0.05) is 11.4 Å². The Hall–Kier alpha value is -1.16. The number of carbonyl (C=O) groups excluding carboxylic acids is 1. The van der Waals surface area contributed by atoms with Crippen LogP contribution in [0.2, 0.25) is 0 Å². The van der Waals surface area contributed by atoms with E-state index in [1.54, 1.807) is 0 Å². The number of benzene rings is 1. The lowest BCUT2D eigenvalue weighted by molar-refractivity contribution is -0.122. The SMILES string of the molecule is CC1CCCC(CCl)(NC(=O)Cc2c(F)cccc2F)C1. The van der Waals surface area contributed by atoms with Gasteiger partial charge in [0.25, 0.3) is 0 Å². The van der Waals surface area contributed by atoms with Gasteiger partial charge in [0.15, 0.2) is 0 Å². The highest BCUT2D eigenvalue weighted by Crippen LogP contribution is 2.33. The van der Waals surface area contributed by atoms with Crippen LogP contribution in [-0.2, 0) is 11.2 Å². The molecule has 1 N–H and O–H groups in total. The van der Waals surface area contributed by atoms with Crippen LogP contribution in [0.4, 0.5) is 8.78 Å². The van der Waals surface area contributed by atoms with Crippen molar-refractivity contribution in [1.29, 1.82) is 0 Å². The fourth-order valence-corrected chi connectivity index (χ4v) is 3.44. The average Bonchev–Trinajstić information content (AvgIpc) is 2.43. The van der Waals surface area contributed by atoms with E-state index in [-0.39, 0.29) is 17.9 Å². The van der Waals surface area contributed by atoms with Crippen molar-refractivity contribution in [3.63, 3.8) is 0 Å². The first kappa shape index (κ1) is 16.2. The topological polar surface area (TPSA) is 29.1 Å². The van der Waals surface area contributed by atoms with Gasteiger partial charge >= 0.3 is 0 Å². The summed E-state index contributed by atoms with van der Waals surface area (Å²) in [7, 11) is 0. The highest BCUT2D eigenvalue weighted by molar-refractivity contribution is 6.18. The molecule has 1 aromatic rings. The summed E-state index contributed by atoms with van der Waals surface area (Å²) in [5.74, 6) is -0.955. The second-order valence-corrected chi connectivity index (χ2v) is 6.31. The molecule has 0 bridgehead atoms. The van der Waals surface area contributed by atoms with Crippen LogP contribution >= 0.6 is 11.6 Å². The van der Waals surface area contributed by atoms with Gasteiger partial charge in [0.1, 0.15) is 11.6 Å². The molecular formula is C16H20ClF2NO. The number of carbonyl (C=O) groups is 1. The van der Waals surface area contributed by atoms with Crippen LogP contribution in [-0.4, -0.2) is 17.3 Å². The van der Waals surface area contributed by atoms with E-state index in [1.165, 1.54) is 6.07 Å². The molecule has 0 aromatic heterocycles. The summed E-state index contributed by atoms with van der Waals surface area (Å²) < 4.78 is 27.2. The molecule has 1 fully saturated rings. The fraction of sp³-hybridized carbons (Fsp3) is 0.562. The smallest absolute Gasteiger partial charge is 0.225 e. The molecule has 1 amide bonds. The molecule has 0 aliphatic heterocycles. The second-order valence-electron chi connectivity index (χ2n) is 6.04. The summed E-state index contributed by atoms with van der Waals surface area (Å²) >= 11 is 6.05. The zero-order valence-corrected chi connectivity index (χ0v) is 12.9. The van der Waals surface area contributed by atoms with Crippen LogP contribution in [0.15, 0.2) is 18.2 Å². The fourth-order valence-electron chi connectivity index (χ4n) is 3.13. The number of amides is 1. The molecule has 21 heavy (non-hydrogen) atoms. The van der Waals surface area contributed by atoms with Crippen LogP contribution in [0, 0.1) is 17.6 Å². The quantitative estimate of drug-likeness (QED) is 0.841. The number of hydrogen-bond donors (Lipinski definition) is 1. The Kier molecular flexibility index (Phi) is 5.20. The predicted molar refractivity (Wildman–Crippen MR) is 79.3 cm³/mol. The maximum absolute atomic E-state index is 13.6. The number of alkyl halides is 1. The Bertz CT molecular complexity index is 503. The van der Waals surface area contributed by atoms with Crippen molar-refractivity contribution < 1.29 is 13.6 Å². The lowest BCUT2D eigenvalue weighted by Crippen LogP contribution is -2.53. The van der Waals surface area contributed by atoms with E-state index < -0.39 is 17.2 Å². The van der Waals surface area contributed by atoms with Crippen LogP contribution in [0.25, 0.3) is 0 Å². The molecule has 5 heteroatoms. The predicted octanol–water partition coefficient (Wildman–Crippen LogP) is 3.81. The van der Waals surface area contributed by atoms with E-state index in [0.717, 1.165) is 37.8 Å². The Balaban J connectivity index is 2.07. The Labute approximate surface area is 128 Å².